The van der Waals surface area contributed by atoms with Crippen molar-refractivity contribution in [1.29, 1.82) is 0 Å². The van der Waals surface area contributed by atoms with Gasteiger partial charge in [-0.1, -0.05) is 18.9 Å². The summed E-state index contributed by atoms with van der Waals surface area (Å²) in [6, 6.07) is 7.92. The summed E-state index contributed by atoms with van der Waals surface area (Å²) in [5, 5.41) is 3.28. The van der Waals surface area contributed by atoms with Crippen molar-refractivity contribution in [2.75, 3.05) is 13.1 Å². The summed E-state index contributed by atoms with van der Waals surface area (Å²) in [6.45, 7) is 7.34. The highest BCUT2D eigenvalue weighted by Crippen LogP contribution is 2.26. The Kier molecular flexibility index (Phi) is 6.63. The average molecular weight is 464 g/mol. The molecule has 1 N–H and O–H groups in total. The van der Waals surface area contributed by atoms with E-state index in [9.17, 15) is 9.18 Å². The van der Waals surface area contributed by atoms with Gasteiger partial charge >= 0.3 is 0 Å². The van der Waals surface area contributed by atoms with Gasteiger partial charge in [-0.3, -0.25) is 9.69 Å². The van der Waals surface area contributed by atoms with Gasteiger partial charge in [0.2, 0.25) is 11.9 Å². The number of nitrogens with one attached hydrogen (secondary N) is 1. The highest BCUT2D eigenvalue weighted by atomic mass is 19.1. The zero-order valence-corrected chi connectivity index (χ0v) is 20.2. The van der Waals surface area contributed by atoms with Crippen molar-refractivity contribution < 1.29 is 9.18 Å². The van der Waals surface area contributed by atoms with Crippen molar-refractivity contribution in [2.45, 2.75) is 71.5 Å². The van der Waals surface area contributed by atoms with E-state index in [-0.39, 0.29) is 11.8 Å². The molecule has 34 heavy (non-hydrogen) atoms. The molecule has 3 heterocycles. The lowest BCUT2D eigenvalue weighted by molar-refractivity contribution is -0.127. The molecule has 1 aromatic carbocycles. The fourth-order valence-electron chi connectivity index (χ4n) is 5.35. The Morgan fingerprint density at radius 2 is 1.79 bits per heavy atom. The van der Waals surface area contributed by atoms with E-state index in [1.54, 1.807) is 12.3 Å². The second kappa shape index (κ2) is 9.82. The van der Waals surface area contributed by atoms with Crippen LogP contribution in [0.5, 0.6) is 0 Å². The number of carbonyl (C=O) groups is 1. The first-order valence-electron chi connectivity index (χ1n) is 12.6. The molecule has 3 aromatic rings. The van der Waals surface area contributed by atoms with E-state index >= 15 is 0 Å². The molecule has 0 atom stereocenters. The number of aromatic nitrogens is 3. The van der Waals surface area contributed by atoms with E-state index in [1.165, 1.54) is 30.0 Å². The Morgan fingerprint density at radius 1 is 1.06 bits per heavy atom. The van der Waals surface area contributed by atoms with Crippen molar-refractivity contribution >= 4 is 16.9 Å². The highest BCUT2D eigenvalue weighted by molar-refractivity contribution is 5.79. The minimum atomic E-state index is -0.467. The smallest absolute Gasteiger partial charge is 0.223 e. The number of piperidine rings is 1. The van der Waals surface area contributed by atoms with E-state index in [2.05, 4.69) is 45.7 Å². The van der Waals surface area contributed by atoms with Crippen LogP contribution >= 0.6 is 0 Å². The number of carbonyl (C=O) groups excluding carboxylic acids is 1. The minimum Gasteiger partial charge on any atom is -0.353 e. The number of likely N-dealkylation sites (tertiary alicyclic amines) is 1. The van der Waals surface area contributed by atoms with Crippen molar-refractivity contribution in [3.63, 3.8) is 0 Å². The molecule has 1 aliphatic heterocycles. The average Bonchev–Trinajstić information content (AvgIpc) is 3.44. The summed E-state index contributed by atoms with van der Waals surface area (Å²) in [5.41, 5.74) is 5.47. The van der Waals surface area contributed by atoms with Crippen LogP contribution < -0.4 is 5.32 Å². The number of benzene rings is 1. The number of hydrogen-bond donors (Lipinski definition) is 1. The number of pyridine rings is 1. The van der Waals surface area contributed by atoms with Crippen molar-refractivity contribution in [1.82, 2.24) is 24.8 Å². The normalized spacial score (nSPS) is 18.1. The van der Waals surface area contributed by atoms with E-state index < -0.39 is 5.95 Å². The number of fused-ring (bicyclic) bond motifs is 1. The van der Waals surface area contributed by atoms with E-state index in [0.29, 0.717) is 12.6 Å². The molecule has 0 unspecified atom stereocenters. The molecule has 2 aliphatic rings. The van der Waals surface area contributed by atoms with Crippen molar-refractivity contribution in [3.05, 3.63) is 58.9 Å². The fraction of sp³-hybridized carbons (Fsp3) is 0.519. The van der Waals surface area contributed by atoms with E-state index in [0.717, 1.165) is 67.7 Å². The first-order chi connectivity index (χ1) is 16.5. The van der Waals surface area contributed by atoms with Gasteiger partial charge in [-0.25, -0.2) is 9.97 Å². The van der Waals surface area contributed by atoms with Crippen LogP contribution in [0.25, 0.3) is 11.0 Å². The van der Waals surface area contributed by atoms with Gasteiger partial charge in [0.1, 0.15) is 5.82 Å². The number of amides is 1. The van der Waals surface area contributed by atoms with Crippen LogP contribution in [0.1, 0.15) is 61.0 Å². The topological polar surface area (TPSA) is 63.1 Å². The van der Waals surface area contributed by atoms with Crippen LogP contribution in [-0.4, -0.2) is 44.5 Å². The zero-order chi connectivity index (χ0) is 23.7. The van der Waals surface area contributed by atoms with Crippen LogP contribution in [0.4, 0.5) is 4.39 Å². The third kappa shape index (κ3) is 4.99. The maximum atomic E-state index is 13.3. The molecule has 180 valence electrons. The number of rotatable bonds is 6. The first-order valence-corrected chi connectivity index (χ1v) is 12.6. The molecule has 1 aliphatic carbocycles. The molecular formula is C27H34FN5O. The molecule has 1 saturated carbocycles. The fourth-order valence-corrected chi connectivity index (χ4v) is 5.35. The lowest BCUT2D eigenvalue weighted by atomic mass is 9.95. The number of nitrogens with zero attached hydrogens (tertiary/aromatic N) is 4. The zero-order valence-electron chi connectivity index (χ0n) is 20.2. The molecule has 1 saturated heterocycles. The Morgan fingerprint density at radius 3 is 2.50 bits per heavy atom. The third-order valence-electron chi connectivity index (χ3n) is 7.60. The van der Waals surface area contributed by atoms with Crippen molar-refractivity contribution in [3.8, 4) is 0 Å². The number of hydrogen-bond acceptors (Lipinski definition) is 4. The molecule has 5 rings (SSSR count). The van der Waals surface area contributed by atoms with Gasteiger partial charge in [0, 0.05) is 18.2 Å². The van der Waals surface area contributed by atoms with Gasteiger partial charge < -0.3 is 9.88 Å². The van der Waals surface area contributed by atoms with Gasteiger partial charge in [0.25, 0.3) is 0 Å². The van der Waals surface area contributed by atoms with E-state index in [4.69, 9.17) is 4.98 Å². The van der Waals surface area contributed by atoms with Gasteiger partial charge in [0.15, 0.2) is 0 Å². The lowest BCUT2D eigenvalue weighted by Crippen LogP contribution is -2.43. The molecule has 6 nitrogen and oxygen atoms in total. The minimum absolute atomic E-state index is 0.117. The third-order valence-corrected chi connectivity index (χ3v) is 7.60. The summed E-state index contributed by atoms with van der Waals surface area (Å²) >= 11 is 0. The van der Waals surface area contributed by atoms with Crippen LogP contribution in [0.15, 0.2) is 30.5 Å². The highest BCUT2D eigenvalue weighted by Gasteiger charge is 2.28. The maximum absolute atomic E-state index is 13.3. The Hall–Kier alpha value is -2.80. The van der Waals surface area contributed by atoms with Gasteiger partial charge in [0.05, 0.1) is 24.1 Å². The summed E-state index contributed by atoms with van der Waals surface area (Å²) in [6.07, 6.45) is 8.10. The molecule has 7 heteroatoms. The van der Waals surface area contributed by atoms with Crippen LogP contribution in [0.3, 0.4) is 0 Å². The monoisotopic (exact) mass is 463 g/mol. The molecule has 2 aromatic heterocycles. The predicted molar refractivity (Wildman–Crippen MR) is 131 cm³/mol. The first kappa shape index (κ1) is 23.0. The van der Waals surface area contributed by atoms with E-state index in [1.807, 2.05) is 0 Å². The van der Waals surface area contributed by atoms with Crippen LogP contribution in [0.2, 0.25) is 0 Å². The Balaban J connectivity index is 1.31. The maximum Gasteiger partial charge on any atom is 0.223 e. The molecule has 0 bridgehead atoms. The summed E-state index contributed by atoms with van der Waals surface area (Å²) in [5.74, 6) is 0.892. The number of halogens is 1. The second-order valence-corrected chi connectivity index (χ2v) is 10.1. The summed E-state index contributed by atoms with van der Waals surface area (Å²) < 4.78 is 15.6. The van der Waals surface area contributed by atoms with Gasteiger partial charge in [-0.2, -0.15) is 4.39 Å². The largest absolute Gasteiger partial charge is 0.353 e. The predicted octanol–water partition coefficient (Wildman–Crippen LogP) is 4.51. The standard InChI is InChI=1S/C27H34FN5O/c1-18-13-23-24(14-19(18)2)33(16-20-7-8-25(28)29-15-20)26(31-23)17-32-11-9-21(10-12-32)27(34)30-22-5-3-4-6-22/h7-8,13-15,21-22H,3-6,9-12,16-17H2,1-2H3,(H,30,34). The van der Waals surface area contributed by atoms with Gasteiger partial charge in [-0.15, -0.1) is 0 Å². The Labute approximate surface area is 200 Å². The second-order valence-electron chi connectivity index (χ2n) is 10.1. The number of aryl methyl sites for hydroxylation is 2. The quantitative estimate of drug-likeness (QED) is 0.547. The SMILES string of the molecule is Cc1cc2nc(CN3CCC(C(=O)NC4CCCC4)CC3)n(Cc3ccc(F)nc3)c2cc1C. The molecule has 0 spiro atoms. The lowest BCUT2D eigenvalue weighted by Gasteiger charge is -2.31. The molecule has 1 amide bonds. The Bertz CT molecular complexity index is 1160. The molecule has 2 fully saturated rings. The summed E-state index contributed by atoms with van der Waals surface area (Å²) in [7, 11) is 0. The molecule has 0 radical (unpaired) electrons. The van der Waals surface area contributed by atoms with Gasteiger partial charge in [-0.05, 0) is 87.5 Å². The van der Waals surface area contributed by atoms with Crippen molar-refractivity contribution in [2.24, 2.45) is 5.92 Å². The van der Waals surface area contributed by atoms with Crippen LogP contribution in [0, 0.1) is 25.7 Å². The summed E-state index contributed by atoms with van der Waals surface area (Å²) in [4.78, 5) is 23.9. The number of imidazole rings is 1. The molecular weight excluding hydrogens is 429 g/mol. The van der Waals surface area contributed by atoms with Crippen LogP contribution in [-0.2, 0) is 17.9 Å².